The van der Waals surface area contributed by atoms with E-state index in [4.69, 9.17) is 0 Å². The second-order valence-corrected chi connectivity index (χ2v) is 4.13. The van der Waals surface area contributed by atoms with Crippen LogP contribution in [0.1, 0.15) is 34.6 Å². The molecule has 3 heteroatoms. The van der Waals surface area contributed by atoms with Crippen molar-refractivity contribution in [3.05, 3.63) is 0 Å². The third-order valence-electron chi connectivity index (χ3n) is 2.84. The molecule has 2 unspecified atom stereocenters. The summed E-state index contributed by atoms with van der Waals surface area (Å²) in [5, 5.41) is 5.90. The average Bonchev–Trinajstić information content (AvgIpc) is 2.31. The van der Waals surface area contributed by atoms with E-state index in [9.17, 15) is 4.79 Å². The van der Waals surface area contributed by atoms with E-state index in [2.05, 4.69) is 18.9 Å². The highest BCUT2D eigenvalue weighted by Crippen LogP contribution is 2.21. The van der Waals surface area contributed by atoms with Crippen LogP contribution >= 0.6 is 0 Å². The summed E-state index contributed by atoms with van der Waals surface area (Å²) in [5.74, 6) is 0.561. The Morgan fingerprint density at radius 1 is 1.38 bits per heavy atom. The predicted octanol–water partition coefficient (Wildman–Crippen LogP) is 1.89. The van der Waals surface area contributed by atoms with Crippen molar-refractivity contribution in [3.8, 4) is 0 Å². The Balaban J connectivity index is 2.79. The summed E-state index contributed by atoms with van der Waals surface area (Å²) in [7, 11) is 0. The number of hydrogen-bond acceptors (Lipinski definition) is 2. The van der Waals surface area contributed by atoms with Crippen LogP contribution < -0.4 is 0 Å². The van der Waals surface area contributed by atoms with Crippen molar-refractivity contribution in [1.29, 1.82) is 0 Å². The summed E-state index contributed by atoms with van der Waals surface area (Å²) < 4.78 is 0. The summed E-state index contributed by atoms with van der Waals surface area (Å²) >= 11 is 0. The number of hydrogen-bond donors (Lipinski definition) is 0. The molecule has 0 aromatic carbocycles. The van der Waals surface area contributed by atoms with Gasteiger partial charge in [0.1, 0.15) is 0 Å². The van der Waals surface area contributed by atoms with Gasteiger partial charge in [0, 0.05) is 5.71 Å². The molecule has 3 nitrogen and oxygen atoms in total. The maximum Gasteiger partial charge on any atom is 0.251 e. The lowest BCUT2D eigenvalue weighted by atomic mass is 10.0. The molecule has 0 radical (unpaired) electrons. The molecule has 1 heterocycles. The van der Waals surface area contributed by atoms with Crippen molar-refractivity contribution >= 4 is 11.6 Å². The molecule has 1 aliphatic rings. The summed E-state index contributed by atoms with van der Waals surface area (Å²) in [5.41, 5.74) is 0.928. The van der Waals surface area contributed by atoms with E-state index in [1.165, 1.54) is 0 Å². The molecule has 1 aliphatic heterocycles. The van der Waals surface area contributed by atoms with Crippen molar-refractivity contribution in [2.75, 3.05) is 0 Å². The smallest absolute Gasteiger partial charge is 0.251 e. The fourth-order valence-corrected chi connectivity index (χ4v) is 1.26. The molecule has 0 aliphatic carbocycles. The van der Waals surface area contributed by atoms with Gasteiger partial charge in [-0.15, -0.1) is 0 Å². The molecule has 0 bridgehead atoms. The normalized spacial score (nSPS) is 25.4. The lowest BCUT2D eigenvalue weighted by Gasteiger charge is -2.24. The van der Waals surface area contributed by atoms with E-state index in [1.807, 2.05) is 20.8 Å². The average molecular weight is 182 g/mol. The standard InChI is InChI=1S/C10H18N2O/c1-6(2)9(5)12-10(13)7(3)8(4)11-12/h6-7,9H,1-5H3. The highest BCUT2D eigenvalue weighted by atomic mass is 16.2. The Kier molecular flexibility index (Phi) is 2.74. The van der Waals surface area contributed by atoms with E-state index in [0.717, 1.165) is 5.71 Å². The Morgan fingerprint density at radius 2 is 1.92 bits per heavy atom. The van der Waals surface area contributed by atoms with E-state index < -0.39 is 0 Å². The molecule has 0 saturated heterocycles. The van der Waals surface area contributed by atoms with E-state index in [-0.39, 0.29) is 17.9 Å². The number of nitrogens with zero attached hydrogens (tertiary/aromatic N) is 2. The van der Waals surface area contributed by atoms with Gasteiger partial charge < -0.3 is 0 Å². The van der Waals surface area contributed by atoms with Gasteiger partial charge in [-0.1, -0.05) is 13.8 Å². The van der Waals surface area contributed by atoms with Crippen LogP contribution in [-0.2, 0) is 4.79 Å². The molecule has 1 rings (SSSR count). The van der Waals surface area contributed by atoms with Crippen LogP contribution in [0.2, 0.25) is 0 Å². The first kappa shape index (κ1) is 10.2. The molecular weight excluding hydrogens is 164 g/mol. The van der Waals surface area contributed by atoms with Gasteiger partial charge in [0.15, 0.2) is 0 Å². The number of carbonyl (C=O) groups excluding carboxylic acids is 1. The third kappa shape index (κ3) is 1.74. The van der Waals surface area contributed by atoms with Crippen LogP contribution in [0, 0.1) is 11.8 Å². The minimum atomic E-state index is -0.0267. The highest BCUT2D eigenvalue weighted by molar-refractivity contribution is 6.06. The Labute approximate surface area is 79.8 Å². The molecule has 0 spiro atoms. The van der Waals surface area contributed by atoms with Crippen molar-refractivity contribution < 1.29 is 4.79 Å². The zero-order chi connectivity index (χ0) is 10.2. The van der Waals surface area contributed by atoms with Crippen LogP contribution in [0.25, 0.3) is 0 Å². The molecule has 2 atom stereocenters. The number of rotatable bonds is 2. The van der Waals surface area contributed by atoms with E-state index in [0.29, 0.717) is 5.92 Å². The first-order valence-corrected chi connectivity index (χ1v) is 4.83. The summed E-state index contributed by atoms with van der Waals surface area (Å²) in [6.07, 6.45) is 0. The topological polar surface area (TPSA) is 32.7 Å². The van der Waals surface area contributed by atoms with Crippen LogP contribution in [0.4, 0.5) is 0 Å². The van der Waals surface area contributed by atoms with Gasteiger partial charge in [-0.2, -0.15) is 5.10 Å². The number of carbonyl (C=O) groups is 1. The van der Waals surface area contributed by atoms with Gasteiger partial charge >= 0.3 is 0 Å². The monoisotopic (exact) mass is 182 g/mol. The second-order valence-electron chi connectivity index (χ2n) is 4.13. The van der Waals surface area contributed by atoms with E-state index >= 15 is 0 Å². The molecule has 13 heavy (non-hydrogen) atoms. The summed E-state index contributed by atoms with van der Waals surface area (Å²) in [6, 6.07) is 0.201. The number of hydrazone groups is 1. The maximum absolute atomic E-state index is 11.7. The fraction of sp³-hybridized carbons (Fsp3) is 0.800. The summed E-state index contributed by atoms with van der Waals surface area (Å²) in [4.78, 5) is 11.7. The zero-order valence-electron chi connectivity index (χ0n) is 9.03. The van der Waals surface area contributed by atoms with Gasteiger partial charge in [0.05, 0.1) is 12.0 Å². The molecular formula is C10H18N2O. The van der Waals surface area contributed by atoms with Crippen molar-refractivity contribution in [3.63, 3.8) is 0 Å². The highest BCUT2D eigenvalue weighted by Gasteiger charge is 2.33. The van der Waals surface area contributed by atoms with Crippen molar-refractivity contribution in [1.82, 2.24) is 5.01 Å². The molecule has 0 N–H and O–H groups in total. The lowest BCUT2D eigenvalue weighted by Crippen LogP contribution is -2.36. The molecule has 0 aromatic rings. The van der Waals surface area contributed by atoms with Crippen LogP contribution in [0.5, 0.6) is 0 Å². The molecule has 1 amide bonds. The van der Waals surface area contributed by atoms with Crippen LogP contribution in [0.3, 0.4) is 0 Å². The predicted molar refractivity (Wildman–Crippen MR) is 53.4 cm³/mol. The second kappa shape index (κ2) is 3.48. The first-order valence-electron chi connectivity index (χ1n) is 4.83. The van der Waals surface area contributed by atoms with Crippen LogP contribution in [0.15, 0.2) is 5.10 Å². The molecule has 74 valence electrons. The minimum absolute atomic E-state index is 0.0267. The van der Waals surface area contributed by atoms with Gasteiger partial charge in [-0.25, -0.2) is 5.01 Å². The number of amides is 1. The SMILES string of the molecule is CC1=NN(C(C)C(C)C)C(=O)C1C. The minimum Gasteiger partial charge on any atom is -0.272 e. The van der Waals surface area contributed by atoms with Gasteiger partial charge in [-0.3, -0.25) is 4.79 Å². The van der Waals surface area contributed by atoms with Crippen LogP contribution in [-0.4, -0.2) is 22.7 Å². The first-order chi connectivity index (χ1) is 5.95. The third-order valence-corrected chi connectivity index (χ3v) is 2.84. The van der Waals surface area contributed by atoms with Crippen molar-refractivity contribution in [2.45, 2.75) is 40.7 Å². The Hall–Kier alpha value is -0.860. The summed E-state index contributed by atoms with van der Waals surface area (Å²) in [6.45, 7) is 10.1. The molecule has 0 fully saturated rings. The van der Waals surface area contributed by atoms with Gasteiger partial charge in [0.2, 0.25) is 0 Å². The van der Waals surface area contributed by atoms with E-state index in [1.54, 1.807) is 5.01 Å². The Morgan fingerprint density at radius 3 is 2.23 bits per heavy atom. The quantitative estimate of drug-likeness (QED) is 0.641. The molecule has 0 aromatic heterocycles. The Bertz CT molecular complexity index is 245. The van der Waals surface area contributed by atoms with Crippen molar-refractivity contribution in [2.24, 2.45) is 16.9 Å². The fourth-order valence-electron chi connectivity index (χ4n) is 1.26. The lowest BCUT2D eigenvalue weighted by molar-refractivity contribution is -0.134. The molecule has 0 saturated carbocycles. The van der Waals surface area contributed by atoms with Gasteiger partial charge in [0.25, 0.3) is 5.91 Å². The largest absolute Gasteiger partial charge is 0.272 e. The van der Waals surface area contributed by atoms with Gasteiger partial charge in [-0.05, 0) is 26.7 Å². The zero-order valence-corrected chi connectivity index (χ0v) is 9.03. The maximum atomic E-state index is 11.7.